The van der Waals surface area contributed by atoms with Crippen LogP contribution in [-0.2, 0) is 11.4 Å². The number of benzene rings is 5. The lowest BCUT2D eigenvalue weighted by atomic mass is 10.1. The van der Waals surface area contributed by atoms with Gasteiger partial charge in [0.1, 0.15) is 24.7 Å². The van der Waals surface area contributed by atoms with Crippen LogP contribution in [0.4, 0.5) is 5.69 Å². The predicted molar refractivity (Wildman–Crippen MR) is 157 cm³/mol. The third kappa shape index (κ3) is 6.74. The summed E-state index contributed by atoms with van der Waals surface area (Å²) in [6.07, 6.45) is 1.70. The van der Waals surface area contributed by atoms with E-state index in [0.29, 0.717) is 34.9 Å². The number of rotatable bonds is 10. The number of ether oxygens (including phenoxy) is 2. The van der Waals surface area contributed by atoms with Gasteiger partial charge in [-0.25, -0.2) is 4.79 Å². The van der Waals surface area contributed by atoms with E-state index >= 15 is 0 Å². The molecule has 0 radical (unpaired) electrons. The Hall–Kier alpha value is -5.36. The summed E-state index contributed by atoms with van der Waals surface area (Å²) in [5.74, 6) is -0.0670. The molecule has 0 aromatic heterocycles. The highest BCUT2D eigenvalue weighted by Crippen LogP contribution is 2.26. The van der Waals surface area contributed by atoms with Gasteiger partial charge in [-0.1, -0.05) is 84.9 Å². The van der Waals surface area contributed by atoms with Crippen LogP contribution >= 0.6 is 0 Å². The lowest BCUT2D eigenvalue weighted by Crippen LogP contribution is -2.19. The summed E-state index contributed by atoms with van der Waals surface area (Å²) in [5.41, 5.74) is 2.83. The molecule has 198 valence electrons. The molecule has 0 spiro atoms. The van der Waals surface area contributed by atoms with Crippen LogP contribution in [0.1, 0.15) is 21.5 Å². The summed E-state index contributed by atoms with van der Waals surface area (Å²) >= 11 is 0. The second-order valence-corrected chi connectivity index (χ2v) is 9.12. The van der Waals surface area contributed by atoms with Gasteiger partial charge in [0.05, 0.1) is 11.1 Å². The maximum Gasteiger partial charge on any atom is 0.335 e. The molecule has 5 aromatic rings. The van der Waals surface area contributed by atoms with Crippen LogP contribution in [0, 0.1) is 0 Å². The Labute approximate surface area is 232 Å². The van der Waals surface area contributed by atoms with E-state index in [1.807, 2.05) is 84.9 Å². The topological polar surface area (TPSA) is 84.9 Å². The molecule has 5 aromatic carbocycles. The number of carboxylic acid groups (broad SMARTS) is 1. The van der Waals surface area contributed by atoms with Crippen molar-refractivity contribution in [1.29, 1.82) is 0 Å². The van der Waals surface area contributed by atoms with Gasteiger partial charge < -0.3 is 19.9 Å². The highest BCUT2D eigenvalue weighted by molar-refractivity contribution is 6.07. The van der Waals surface area contributed by atoms with Gasteiger partial charge >= 0.3 is 5.97 Å². The molecular formula is C34H27NO5. The highest BCUT2D eigenvalue weighted by atomic mass is 16.5. The van der Waals surface area contributed by atoms with E-state index in [1.54, 1.807) is 30.3 Å². The highest BCUT2D eigenvalue weighted by Gasteiger charge is 2.14. The molecule has 0 aliphatic rings. The number of aromatic carboxylic acids is 1. The minimum atomic E-state index is -1.01. The molecule has 0 aliphatic heterocycles. The number of hydrogen-bond donors (Lipinski definition) is 2. The molecule has 1 amide bonds. The third-order valence-corrected chi connectivity index (χ3v) is 6.26. The van der Waals surface area contributed by atoms with Crippen molar-refractivity contribution < 1.29 is 24.2 Å². The molecule has 0 unspecified atom stereocenters. The van der Waals surface area contributed by atoms with Crippen molar-refractivity contribution in [3.8, 4) is 11.5 Å². The first-order valence-corrected chi connectivity index (χ1v) is 12.8. The van der Waals surface area contributed by atoms with Crippen LogP contribution in [0.3, 0.4) is 0 Å². The minimum absolute atomic E-state index is 0.00468. The summed E-state index contributed by atoms with van der Waals surface area (Å²) in [6.45, 7) is 0.416. The zero-order chi connectivity index (χ0) is 27.7. The van der Waals surface area contributed by atoms with Gasteiger partial charge in [0.25, 0.3) is 5.91 Å². The monoisotopic (exact) mass is 529 g/mol. The van der Waals surface area contributed by atoms with E-state index < -0.39 is 5.97 Å². The molecular weight excluding hydrogens is 502 g/mol. The standard InChI is InChI=1S/C34H27NO5/c36-33(35-29-12-7-13-30(21-29)39-22-25-8-2-1-3-9-25)28(20-24-16-18-27(19-17-24)34(37)38)23-40-32-15-6-11-26-10-4-5-14-31(26)32/h1-21H,22-23H2,(H,35,36)(H,37,38). The van der Waals surface area contributed by atoms with Gasteiger partial charge in [0.15, 0.2) is 0 Å². The van der Waals surface area contributed by atoms with Crippen LogP contribution < -0.4 is 14.8 Å². The quantitative estimate of drug-likeness (QED) is 0.187. The van der Waals surface area contributed by atoms with Crippen molar-refractivity contribution in [1.82, 2.24) is 0 Å². The predicted octanol–water partition coefficient (Wildman–Crippen LogP) is 7.22. The lowest BCUT2D eigenvalue weighted by molar-refractivity contribution is -0.113. The molecule has 0 saturated carbocycles. The molecule has 40 heavy (non-hydrogen) atoms. The van der Waals surface area contributed by atoms with Gasteiger partial charge in [0, 0.05) is 17.1 Å². The third-order valence-electron chi connectivity index (χ3n) is 6.26. The van der Waals surface area contributed by atoms with Crippen LogP contribution in [0.2, 0.25) is 0 Å². The second-order valence-electron chi connectivity index (χ2n) is 9.12. The number of hydrogen-bond acceptors (Lipinski definition) is 4. The minimum Gasteiger partial charge on any atom is -0.489 e. The summed E-state index contributed by atoms with van der Waals surface area (Å²) in [7, 11) is 0. The smallest absolute Gasteiger partial charge is 0.335 e. The average molecular weight is 530 g/mol. The van der Waals surface area contributed by atoms with Crippen LogP contribution in [0.5, 0.6) is 11.5 Å². The molecule has 0 aliphatic carbocycles. The number of amides is 1. The molecule has 6 nitrogen and oxygen atoms in total. The molecule has 5 rings (SSSR count). The maximum atomic E-state index is 13.5. The number of carboxylic acids is 1. The second kappa shape index (κ2) is 12.5. The van der Waals surface area contributed by atoms with Crippen molar-refractivity contribution in [2.75, 3.05) is 11.9 Å². The normalized spacial score (nSPS) is 11.2. The fraction of sp³-hybridized carbons (Fsp3) is 0.0588. The fourth-order valence-corrected chi connectivity index (χ4v) is 4.19. The number of carbonyl (C=O) groups excluding carboxylic acids is 1. The van der Waals surface area contributed by atoms with Crippen LogP contribution in [0.25, 0.3) is 16.8 Å². The van der Waals surface area contributed by atoms with E-state index in [9.17, 15) is 14.7 Å². The zero-order valence-electron chi connectivity index (χ0n) is 21.6. The summed E-state index contributed by atoms with van der Waals surface area (Å²) in [5, 5.41) is 14.1. The van der Waals surface area contributed by atoms with Gasteiger partial charge in [-0.3, -0.25) is 4.79 Å². The molecule has 6 heteroatoms. The van der Waals surface area contributed by atoms with Crippen molar-refractivity contribution in [2.45, 2.75) is 6.61 Å². The number of nitrogens with one attached hydrogen (secondary N) is 1. The van der Waals surface area contributed by atoms with Gasteiger partial charge in [-0.05, 0) is 52.9 Å². The Morgan fingerprint density at radius 3 is 2.27 bits per heavy atom. The first-order valence-electron chi connectivity index (χ1n) is 12.8. The van der Waals surface area contributed by atoms with Crippen molar-refractivity contribution in [2.24, 2.45) is 0 Å². The molecule has 0 atom stereocenters. The Balaban J connectivity index is 1.36. The largest absolute Gasteiger partial charge is 0.489 e. The van der Waals surface area contributed by atoms with E-state index in [-0.39, 0.29) is 18.1 Å². The van der Waals surface area contributed by atoms with E-state index in [1.165, 1.54) is 12.1 Å². The molecule has 0 heterocycles. The lowest BCUT2D eigenvalue weighted by Gasteiger charge is -2.14. The van der Waals surface area contributed by atoms with Gasteiger partial charge in [-0.15, -0.1) is 0 Å². The summed E-state index contributed by atoms with van der Waals surface area (Å²) in [4.78, 5) is 24.7. The SMILES string of the molecule is O=C(Nc1cccc(OCc2ccccc2)c1)C(=Cc1ccc(C(=O)O)cc1)COc1cccc2ccccc12. The van der Waals surface area contributed by atoms with E-state index in [0.717, 1.165) is 16.3 Å². The van der Waals surface area contributed by atoms with Gasteiger partial charge in [0.2, 0.25) is 0 Å². The molecule has 0 fully saturated rings. The first-order chi connectivity index (χ1) is 19.5. The van der Waals surface area contributed by atoms with Crippen LogP contribution in [-0.4, -0.2) is 23.6 Å². The van der Waals surface area contributed by atoms with Crippen molar-refractivity contribution >= 4 is 34.4 Å². The average Bonchev–Trinajstić information content (AvgIpc) is 2.99. The van der Waals surface area contributed by atoms with Crippen molar-refractivity contribution in [3.63, 3.8) is 0 Å². The Morgan fingerprint density at radius 1 is 0.750 bits per heavy atom. The number of fused-ring (bicyclic) bond motifs is 1. The Kier molecular flexibility index (Phi) is 8.18. The molecule has 0 bridgehead atoms. The van der Waals surface area contributed by atoms with Crippen molar-refractivity contribution in [3.05, 3.63) is 144 Å². The fourth-order valence-electron chi connectivity index (χ4n) is 4.19. The number of anilines is 1. The van der Waals surface area contributed by atoms with Gasteiger partial charge in [-0.2, -0.15) is 0 Å². The van der Waals surface area contributed by atoms with E-state index in [4.69, 9.17) is 9.47 Å². The maximum absolute atomic E-state index is 13.5. The van der Waals surface area contributed by atoms with E-state index in [2.05, 4.69) is 5.32 Å². The Morgan fingerprint density at radius 2 is 1.48 bits per heavy atom. The first kappa shape index (κ1) is 26.3. The van der Waals surface area contributed by atoms with Crippen LogP contribution in [0.15, 0.2) is 127 Å². The zero-order valence-corrected chi connectivity index (χ0v) is 21.6. The number of carbonyl (C=O) groups is 2. The molecule has 2 N–H and O–H groups in total. The summed E-state index contributed by atoms with van der Waals surface area (Å²) < 4.78 is 12.0. The summed E-state index contributed by atoms with van der Waals surface area (Å²) in [6, 6.07) is 37.0. The Bertz CT molecular complexity index is 1650. The molecule has 0 saturated heterocycles.